The Morgan fingerprint density at radius 3 is 1.53 bits per heavy atom. The van der Waals surface area contributed by atoms with E-state index in [1.165, 1.54) is 50.2 Å². The zero-order valence-corrected chi connectivity index (χ0v) is 18.5. The summed E-state index contributed by atoms with van der Waals surface area (Å²) in [6.07, 6.45) is 2.10. The number of nitrogens with zero attached hydrogens (tertiary/aromatic N) is 1. The molecule has 32 heavy (non-hydrogen) atoms. The zero-order valence-electron chi connectivity index (χ0n) is 18.5. The summed E-state index contributed by atoms with van der Waals surface area (Å²) in [5.74, 6) is 0. The van der Waals surface area contributed by atoms with Gasteiger partial charge in [-0.3, -0.25) is 0 Å². The molecular weight excluding hydrogens is 386 g/mol. The van der Waals surface area contributed by atoms with Gasteiger partial charge in [0.05, 0.1) is 0 Å². The van der Waals surface area contributed by atoms with Crippen LogP contribution >= 0.6 is 0 Å². The van der Waals surface area contributed by atoms with Crippen molar-refractivity contribution in [2.45, 2.75) is 6.92 Å². The summed E-state index contributed by atoms with van der Waals surface area (Å²) < 4.78 is 2.17. The quantitative estimate of drug-likeness (QED) is 0.269. The molecule has 1 heteroatoms. The predicted octanol–water partition coefficient (Wildman–Crippen LogP) is 7.49. The molecular formula is C31H26N+. The summed E-state index contributed by atoms with van der Waals surface area (Å²) in [7, 11) is 2.10. The predicted molar refractivity (Wildman–Crippen MR) is 134 cm³/mol. The van der Waals surface area contributed by atoms with Gasteiger partial charge in [-0.15, -0.1) is 0 Å². The molecule has 154 valence electrons. The molecule has 0 saturated heterocycles. The van der Waals surface area contributed by atoms with E-state index >= 15 is 0 Å². The van der Waals surface area contributed by atoms with Gasteiger partial charge in [0, 0.05) is 17.7 Å². The fourth-order valence-corrected chi connectivity index (χ4v) is 4.32. The molecule has 0 aliphatic heterocycles. The van der Waals surface area contributed by atoms with Crippen LogP contribution in [0.2, 0.25) is 0 Å². The zero-order chi connectivity index (χ0) is 21.9. The van der Waals surface area contributed by atoms with Crippen molar-refractivity contribution in [3.05, 3.63) is 127 Å². The molecule has 5 rings (SSSR count). The number of aryl methyl sites for hydroxylation is 2. The highest BCUT2D eigenvalue weighted by Crippen LogP contribution is 2.34. The van der Waals surface area contributed by atoms with Crippen LogP contribution in [-0.4, -0.2) is 0 Å². The van der Waals surface area contributed by atoms with Crippen LogP contribution < -0.4 is 4.57 Å². The van der Waals surface area contributed by atoms with Gasteiger partial charge in [-0.2, -0.15) is 0 Å². The minimum Gasteiger partial charge on any atom is -0.201 e. The maximum atomic E-state index is 2.31. The summed E-state index contributed by atoms with van der Waals surface area (Å²) in [5.41, 5.74) is 11.2. The fourth-order valence-electron chi connectivity index (χ4n) is 4.32. The third kappa shape index (κ3) is 3.98. The van der Waals surface area contributed by atoms with Crippen LogP contribution in [0.25, 0.3) is 44.6 Å². The lowest BCUT2D eigenvalue weighted by atomic mass is 9.92. The van der Waals surface area contributed by atoms with Gasteiger partial charge in [-0.25, -0.2) is 4.57 Å². The molecule has 0 radical (unpaired) electrons. The molecule has 4 aromatic carbocycles. The van der Waals surface area contributed by atoms with Crippen LogP contribution in [0.5, 0.6) is 0 Å². The maximum absolute atomic E-state index is 2.31. The Hall–Kier alpha value is -3.97. The third-order valence-corrected chi connectivity index (χ3v) is 6.04. The van der Waals surface area contributed by atoms with Crippen molar-refractivity contribution in [1.29, 1.82) is 0 Å². The van der Waals surface area contributed by atoms with Gasteiger partial charge in [-0.1, -0.05) is 72.8 Å². The molecule has 0 fully saturated rings. The van der Waals surface area contributed by atoms with E-state index in [-0.39, 0.29) is 0 Å². The Morgan fingerprint density at radius 2 is 1.00 bits per heavy atom. The average molecular weight is 413 g/mol. The second-order valence-corrected chi connectivity index (χ2v) is 8.26. The lowest BCUT2D eigenvalue weighted by Gasteiger charge is -2.13. The molecule has 0 bridgehead atoms. The highest BCUT2D eigenvalue weighted by Gasteiger charge is 2.13. The lowest BCUT2D eigenvalue weighted by molar-refractivity contribution is -0.660. The van der Waals surface area contributed by atoms with E-state index in [1.807, 2.05) is 0 Å². The highest BCUT2D eigenvalue weighted by atomic mass is 14.9. The highest BCUT2D eigenvalue weighted by molar-refractivity contribution is 5.82. The molecule has 0 amide bonds. The molecule has 0 atom stereocenters. The van der Waals surface area contributed by atoms with Gasteiger partial charge in [-0.05, 0) is 76.2 Å². The van der Waals surface area contributed by atoms with E-state index in [0.717, 1.165) is 0 Å². The molecule has 1 heterocycles. The molecule has 0 unspecified atom stereocenters. The van der Waals surface area contributed by atoms with E-state index < -0.39 is 0 Å². The Morgan fingerprint density at radius 1 is 0.469 bits per heavy atom. The van der Waals surface area contributed by atoms with E-state index in [9.17, 15) is 0 Å². The molecule has 0 saturated carbocycles. The van der Waals surface area contributed by atoms with Crippen LogP contribution in [0.3, 0.4) is 0 Å². The van der Waals surface area contributed by atoms with Crippen LogP contribution in [-0.2, 0) is 7.05 Å². The first-order valence-corrected chi connectivity index (χ1v) is 11.0. The van der Waals surface area contributed by atoms with Crippen LogP contribution in [0.4, 0.5) is 0 Å². The summed E-state index contributed by atoms with van der Waals surface area (Å²) in [5, 5.41) is 0. The molecule has 5 aromatic rings. The number of pyridine rings is 1. The Labute approximate surface area is 190 Å². The fraction of sp³-hybridized carbons (Fsp3) is 0.0645. The topological polar surface area (TPSA) is 3.88 Å². The minimum atomic E-state index is 1.22. The van der Waals surface area contributed by atoms with Crippen LogP contribution in [0.15, 0.2) is 121 Å². The Balaban J connectivity index is 1.64. The SMILES string of the molecule is Cc1cc(-c2cc(-c3ccccc3)cc(-c3ccccc3)c2)ccc1-c1cccc[n+]1C. The van der Waals surface area contributed by atoms with Crippen molar-refractivity contribution in [2.24, 2.45) is 7.05 Å². The number of hydrogen-bond donors (Lipinski definition) is 0. The van der Waals surface area contributed by atoms with Gasteiger partial charge in [0.1, 0.15) is 7.05 Å². The molecule has 0 aliphatic rings. The lowest BCUT2D eigenvalue weighted by Crippen LogP contribution is -2.30. The molecule has 0 aliphatic carbocycles. The van der Waals surface area contributed by atoms with E-state index in [2.05, 4.69) is 140 Å². The van der Waals surface area contributed by atoms with Crippen LogP contribution in [0, 0.1) is 6.92 Å². The van der Waals surface area contributed by atoms with Crippen molar-refractivity contribution in [3.8, 4) is 44.6 Å². The standard InChI is InChI=1S/C31H26N/c1-23-19-26(16-17-30(23)31-15-9-10-18-32(31)2)29-21-27(24-11-5-3-6-12-24)20-28(22-29)25-13-7-4-8-14-25/h3-22H,1-2H3/q+1. The van der Waals surface area contributed by atoms with E-state index in [1.54, 1.807) is 0 Å². The molecule has 0 N–H and O–H groups in total. The van der Waals surface area contributed by atoms with Gasteiger partial charge in [0.2, 0.25) is 5.69 Å². The van der Waals surface area contributed by atoms with Gasteiger partial charge >= 0.3 is 0 Å². The Kier molecular flexibility index (Phi) is 5.39. The Bertz CT molecular complexity index is 1310. The molecule has 0 spiro atoms. The van der Waals surface area contributed by atoms with Crippen molar-refractivity contribution in [2.75, 3.05) is 0 Å². The molecule has 1 nitrogen and oxygen atoms in total. The number of benzene rings is 4. The van der Waals surface area contributed by atoms with E-state index in [4.69, 9.17) is 0 Å². The number of hydrogen-bond acceptors (Lipinski definition) is 0. The normalized spacial score (nSPS) is 10.8. The summed E-state index contributed by atoms with van der Waals surface area (Å²) in [6.45, 7) is 2.20. The smallest absolute Gasteiger partial charge is 0.201 e. The largest absolute Gasteiger partial charge is 0.212 e. The second-order valence-electron chi connectivity index (χ2n) is 8.26. The monoisotopic (exact) mass is 412 g/mol. The van der Waals surface area contributed by atoms with Gasteiger partial charge < -0.3 is 0 Å². The van der Waals surface area contributed by atoms with Gasteiger partial charge in [0.15, 0.2) is 6.20 Å². The first kappa shape index (κ1) is 20.0. The summed E-state index contributed by atoms with van der Waals surface area (Å²) in [6, 6.07) is 41.3. The summed E-state index contributed by atoms with van der Waals surface area (Å²) >= 11 is 0. The number of rotatable bonds is 4. The van der Waals surface area contributed by atoms with Crippen molar-refractivity contribution in [3.63, 3.8) is 0 Å². The van der Waals surface area contributed by atoms with Crippen LogP contribution in [0.1, 0.15) is 5.56 Å². The molecule has 1 aromatic heterocycles. The van der Waals surface area contributed by atoms with Gasteiger partial charge in [0.25, 0.3) is 0 Å². The first-order chi connectivity index (χ1) is 15.7. The summed E-state index contributed by atoms with van der Waals surface area (Å²) in [4.78, 5) is 0. The van der Waals surface area contributed by atoms with Crippen molar-refractivity contribution >= 4 is 0 Å². The van der Waals surface area contributed by atoms with E-state index in [0.29, 0.717) is 0 Å². The third-order valence-electron chi connectivity index (χ3n) is 6.04. The minimum absolute atomic E-state index is 1.22. The average Bonchev–Trinajstić information content (AvgIpc) is 2.85. The number of aromatic nitrogens is 1. The van der Waals surface area contributed by atoms with Crippen molar-refractivity contribution in [1.82, 2.24) is 0 Å². The van der Waals surface area contributed by atoms with Crippen molar-refractivity contribution < 1.29 is 4.57 Å². The second kappa shape index (κ2) is 8.64. The maximum Gasteiger partial charge on any atom is 0.212 e. The first-order valence-electron chi connectivity index (χ1n) is 11.0.